The monoisotopic (exact) mass is 412 g/mol. The number of Topliss-reactive ketones (excluding diaryl/α,β-unsaturated/α-hetero) is 1. The standard InChI is InChI=1S/C19H32N4O4S/c1-11(2)17(25)14(7-9-21)22-19(27)16(12(3)24)23-18(26)13(6-8-20)15-5-4-10-28-15/h4-5,10-14,16,24H,6-9,20-21H2,1-3H3,(H,22,27)(H,23,26)/t12?,13?,14-,16-/m0/s1. The van der Waals surface area contributed by atoms with E-state index in [9.17, 15) is 19.5 Å². The van der Waals surface area contributed by atoms with Crippen molar-refractivity contribution >= 4 is 28.9 Å². The van der Waals surface area contributed by atoms with Crippen molar-refractivity contribution in [3.05, 3.63) is 22.4 Å². The van der Waals surface area contributed by atoms with E-state index in [1.165, 1.54) is 18.3 Å². The number of carbonyl (C=O) groups excluding carboxylic acids is 3. The van der Waals surface area contributed by atoms with E-state index in [-0.39, 0.29) is 30.6 Å². The van der Waals surface area contributed by atoms with E-state index in [4.69, 9.17) is 11.5 Å². The number of thiophene rings is 1. The van der Waals surface area contributed by atoms with Crippen LogP contribution in [0.5, 0.6) is 0 Å². The van der Waals surface area contributed by atoms with E-state index in [0.29, 0.717) is 13.0 Å². The van der Waals surface area contributed by atoms with Crippen LogP contribution in [0.2, 0.25) is 0 Å². The molecule has 0 spiro atoms. The molecule has 1 rings (SSSR count). The maximum Gasteiger partial charge on any atom is 0.245 e. The third-order valence-corrected chi connectivity index (χ3v) is 5.39. The molecule has 0 saturated carbocycles. The lowest BCUT2D eigenvalue weighted by Crippen LogP contribution is -2.57. The number of nitrogens with two attached hydrogens (primary N) is 2. The summed E-state index contributed by atoms with van der Waals surface area (Å²) in [4.78, 5) is 38.6. The van der Waals surface area contributed by atoms with Crippen LogP contribution in [0.4, 0.5) is 0 Å². The summed E-state index contributed by atoms with van der Waals surface area (Å²) in [6, 6.07) is 1.73. The second-order valence-corrected chi connectivity index (χ2v) is 8.05. The lowest BCUT2D eigenvalue weighted by molar-refractivity contribution is -0.135. The number of aliphatic hydroxyl groups excluding tert-OH is 1. The van der Waals surface area contributed by atoms with Crippen molar-refractivity contribution in [3.63, 3.8) is 0 Å². The lowest BCUT2D eigenvalue weighted by atomic mass is 9.98. The topological polar surface area (TPSA) is 148 Å². The molecule has 1 aromatic heterocycles. The molecule has 0 aliphatic heterocycles. The van der Waals surface area contributed by atoms with Crippen LogP contribution in [0.15, 0.2) is 17.5 Å². The second-order valence-electron chi connectivity index (χ2n) is 7.07. The second kappa shape index (κ2) is 11.9. The smallest absolute Gasteiger partial charge is 0.245 e. The summed E-state index contributed by atoms with van der Waals surface area (Å²) in [6.45, 7) is 5.43. The Morgan fingerprint density at radius 3 is 2.18 bits per heavy atom. The maximum atomic E-state index is 12.8. The highest BCUT2D eigenvalue weighted by Crippen LogP contribution is 2.24. The summed E-state index contributed by atoms with van der Waals surface area (Å²) in [7, 11) is 0. The zero-order valence-corrected chi connectivity index (χ0v) is 17.5. The minimum Gasteiger partial charge on any atom is -0.391 e. The molecule has 8 nitrogen and oxygen atoms in total. The van der Waals surface area contributed by atoms with Crippen LogP contribution in [-0.4, -0.2) is 54.0 Å². The molecule has 0 aromatic carbocycles. The summed E-state index contributed by atoms with van der Waals surface area (Å²) >= 11 is 1.43. The molecule has 1 aromatic rings. The van der Waals surface area contributed by atoms with E-state index in [1.807, 2.05) is 17.5 Å². The van der Waals surface area contributed by atoms with Crippen LogP contribution < -0.4 is 22.1 Å². The number of nitrogens with one attached hydrogen (secondary N) is 2. The predicted molar refractivity (Wildman–Crippen MR) is 110 cm³/mol. The van der Waals surface area contributed by atoms with Crippen LogP contribution in [0.1, 0.15) is 44.4 Å². The third kappa shape index (κ3) is 6.97. The van der Waals surface area contributed by atoms with E-state index in [0.717, 1.165) is 4.88 Å². The van der Waals surface area contributed by atoms with Gasteiger partial charge in [0.25, 0.3) is 0 Å². The largest absolute Gasteiger partial charge is 0.391 e. The van der Waals surface area contributed by atoms with Crippen LogP contribution in [0.3, 0.4) is 0 Å². The fourth-order valence-electron chi connectivity index (χ4n) is 2.83. The fourth-order valence-corrected chi connectivity index (χ4v) is 3.69. The molecule has 2 unspecified atom stereocenters. The van der Waals surface area contributed by atoms with Crippen LogP contribution in [0.25, 0.3) is 0 Å². The number of hydrogen-bond donors (Lipinski definition) is 5. The Balaban J connectivity index is 2.91. The van der Waals surface area contributed by atoms with Crippen LogP contribution in [0, 0.1) is 5.92 Å². The van der Waals surface area contributed by atoms with Crippen molar-refractivity contribution < 1.29 is 19.5 Å². The first-order chi connectivity index (χ1) is 13.2. The zero-order chi connectivity index (χ0) is 21.3. The molecule has 28 heavy (non-hydrogen) atoms. The van der Waals surface area contributed by atoms with Gasteiger partial charge in [0.05, 0.1) is 18.1 Å². The Labute approximate surface area is 170 Å². The molecule has 0 radical (unpaired) electrons. The molecular formula is C19H32N4O4S. The average molecular weight is 413 g/mol. The molecule has 0 aliphatic rings. The Kier molecular flexibility index (Phi) is 10.3. The number of aliphatic hydroxyl groups is 1. The number of amides is 2. The zero-order valence-electron chi connectivity index (χ0n) is 16.7. The van der Waals surface area contributed by atoms with E-state index >= 15 is 0 Å². The average Bonchev–Trinajstić information content (AvgIpc) is 3.16. The molecule has 0 aliphatic carbocycles. The SMILES string of the molecule is CC(C)C(=O)[C@H](CCN)NC(=O)[C@@H](NC(=O)C(CCN)c1cccs1)C(C)O. The molecule has 9 heteroatoms. The number of carbonyl (C=O) groups is 3. The van der Waals surface area contributed by atoms with Crippen molar-refractivity contribution in [1.82, 2.24) is 10.6 Å². The van der Waals surface area contributed by atoms with Gasteiger partial charge in [-0.1, -0.05) is 19.9 Å². The van der Waals surface area contributed by atoms with Gasteiger partial charge in [-0.3, -0.25) is 14.4 Å². The molecule has 7 N–H and O–H groups in total. The van der Waals surface area contributed by atoms with Crippen molar-refractivity contribution in [1.29, 1.82) is 0 Å². The summed E-state index contributed by atoms with van der Waals surface area (Å²) in [5.41, 5.74) is 11.2. The summed E-state index contributed by atoms with van der Waals surface area (Å²) in [5, 5.41) is 17.2. The first kappa shape index (κ1) is 24.2. The third-order valence-electron chi connectivity index (χ3n) is 4.41. The molecular weight excluding hydrogens is 380 g/mol. The maximum absolute atomic E-state index is 12.8. The van der Waals surface area contributed by atoms with Gasteiger partial charge < -0.3 is 27.2 Å². The minimum absolute atomic E-state index is 0.144. The van der Waals surface area contributed by atoms with Gasteiger partial charge in [-0.15, -0.1) is 11.3 Å². The number of rotatable bonds is 12. The summed E-state index contributed by atoms with van der Waals surface area (Å²) in [6.07, 6.45) is -0.436. The molecule has 4 atom stereocenters. The van der Waals surface area contributed by atoms with Crippen LogP contribution >= 0.6 is 11.3 Å². The Morgan fingerprint density at radius 1 is 1.07 bits per heavy atom. The lowest BCUT2D eigenvalue weighted by Gasteiger charge is -2.26. The quantitative estimate of drug-likeness (QED) is 0.329. The molecule has 1 heterocycles. The van der Waals surface area contributed by atoms with Gasteiger partial charge >= 0.3 is 0 Å². The minimum atomic E-state index is -1.19. The van der Waals surface area contributed by atoms with Gasteiger partial charge in [0.15, 0.2) is 5.78 Å². The summed E-state index contributed by atoms with van der Waals surface area (Å²) < 4.78 is 0. The summed E-state index contributed by atoms with van der Waals surface area (Å²) in [5.74, 6) is -1.93. The first-order valence-electron chi connectivity index (χ1n) is 9.48. The molecule has 0 bridgehead atoms. The Hall–Kier alpha value is -1.81. The highest BCUT2D eigenvalue weighted by Gasteiger charge is 2.32. The molecule has 2 amide bonds. The van der Waals surface area contributed by atoms with E-state index in [1.54, 1.807) is 13.8 Å². The molecule has 0 fully saturated rings. The van der Waals surface area contributed by atoms with Gasteiger partial charge in [0.2, 0.25) is 11.8 Å². The van der Waals surface area contributed by atoms with Crippen molar-refractivity contribution in [2.24, 2.45) is 17.4 Å². The van der Waals surface area contributed by atoms with E-state index < -0.39 is 30.0 Å². The molecule has 0 saturated heterocycles. The molecule has 158 valence electrons. The van der Waals surface area contributed by atoms with Crippen molar-refractivity contribution in [2.75, 3.05) is 13.1 Å². The van der Waals surface area contributed by atoms with Gasteiger partial charge in [-0.2, -0.15) is 0 Å². The van der Waals surface area contributed by atoms with Gasteiger partial charge in [-0.25, -0.2) is 0 Å². The normalized spacial score (nSPS) is 15.5. The van der Waals surface area contributed by atoms with Gasteiger partial charge in [0, 0.05) is 10.8 Å². The van der Waals surface area contributed by atoms with E-state index in [2.05, 4.69) is 10.6 Å². The predicted octanol–water partition coefficient (Wildman–Crippen LogP) is 0.105. The number of ketones is 1. The van der Waals surface area contributed by atoms with Gasteiger partial charge in [0.1, 0.15) is 6.04 Å². The van der Waals surface area contributed by atoms with Crippen molar-refractivity contribution in [2.45, 2.75) is 57.7 Å². The van der Waals surface area contributed by atoms with Crippen molar-refractivity contribution in [3.8, 4) is 0 Å². The Morgan fingerprint density at radius 2 is 1.71 bits per heavy atom. The van der Waals surface area contributed by atoms with Crippen LogP contribution in [-0.2, 0) is 14.4 Å². The number of hydrogen-bond acceptors (Lipinski definition) is 7. The highest BCUT2D eigenvalue weighted by atomic mass is 32.1. The fraction of sp³-hybridized carbons (Fsp3) is 0.632. The van der Waals surface area contributed by atoms with Gasteiger partial charge in [-0.05, 0) is 44.3 Å². The first-order valence-corrected chi connectivity index (χ1v) is 10.4. The highest BCUT2D eigenvalue weighted by molar-refractivity contribution is 7.10. The Bertz CT molecular complexity index is 634.